The fourth-order valence-electron chi connectivity index (χ4n) is 1.58. The van der Waals surface area contributed by atoms with Gasteiger partial charge in [0.2, 0.25) is 0 Å². The van der Waals surface area contributed by atoms with Gasteiger partial charge in [-0.2, -0.15) is 0 Å². The van der Waals surface area contributed by atoms with Gasteiger partial charge in [0, 0.05) is 18.8 Å². The first-order chi connectivity index (χ1) is 6.27. The van der Waals surface area contributed by atoms with E-state index < -0.39 is 5.97 Å². The highest BCUT2D eigenvalue weighted by Gasteiger charge is 2.33. The van der Waals surface area contributed by atoms with Crippen molar-refractivity contribution in [3.63, 3.8) is 0 Å². The van der Waals surface area contributed by atoms with E-state index in [1.165, 1.54) is 0 Å². The molecule has 74 valence electrons. The SMILES string of the molecule is O=C(O)C1CN(C2COC2)CCS1. The Balaban J connectivity index is 1.87. The second-order valence-electron chi connectivity index (χ2n) is 3.38. The van der Waals surface area contributed by atoms with E-state index in [2.05, 4.69) is 4.90 Å². The molecule has 13 heavy (non-hydrogen) atoms. The van der Waals surface area contributed by atoms with Crippen LogP contribution in [-0.2, 0) is 9.53 Å². The predicted octanol–water partition coefficient (Wildman–Crippen LogP) is -0.113. The van der Waals surface area contributed by atoms with E-state index in [0.717, 1.165) is 25.5 Å². The van der Waals surface area contributed by atoms with Crippen molar-refractivity contribution in [3.05, 3.63) is 0 Å². The molecule has 2 heterocycles. The predicted molar refractivity (Wildman–Crippen MR) is 50.1 cm³/mol. The Labute approximate surface area is 81.2 Å². The molecule has 0 aliphatic carbocycles. The maximum atomic E-state index is 10.8. The van der Waals surface area contributed by atoms with Gasteiger partial charge in [-0.05, 0) is 0 Å². The summed E-state index contributed by atoms with van der Waals surface area (Å²) in [4.78, 5) is 13.0. The summed E-state index contributed by atoms with van der Waals surface area (Å²) >= 11 is 1.55. The molecule has 0 bridgehead atoms. The molecule has 0 aromatic rings. The zero-order chi connectivity index (χ0) is 9.26. The highest BCUT2D eigenvalue weighted by atomic mass is 32.2. The summed E-state index contributed by atoms with van der Waals surface area (Å²) < 4.78 is 5.09. The van der Waals surface area contributed by atoms with Crippen molar-refractivity contribution < 1.29 is 14.6 Å². The van der Waals surface area contributed by atoms with E-state index in [1.807, 2.05) is 0 Å². The van der Waals surface area contributed by atoms with Crippen molar-refractivity contribution in [3.8, 4) is 0 Å². The second kappa shape index (κ2) is 3.86. The van der Waals surface area contributed by atoms with Crippen LogP contribution in [0.25, 0.3) is 0 Å². The van der Waals surface area contributed by atoms with Gasteiger partial charge in [-0.25, -0.2) is 0 Å². The van der Waals surface area contributed by atoms with Gasteiger partial charge in [0.15, 0.2) is 0 Å². The number of carboxylic acids is 1. The fraction of sp³-hybridized carbons (Fsp3) is 0.875. The summed E-state index contributed by atoms with van der Waals surface area (Å²) in [5, 5.41) is 8.61. The second-order valence-corrected chi connectivity index (χ2v) is 4.69. The Bertz CT molecular complexity index is 208. The van der Waals surface area contributed by atoms with Crippen LogP contribution in [0.2, 0.25) is 0 Å². The van der Waals surface area contributed by atoms with Gasteiger partial charge >= 0.3 is 5.97 Å². The molecule has 0 radical (unpaired) electrons. The minimum atomic E-state index is -0.685. The van der Waals surface area contributed by atoms with E-state index >= 15 is 0 Å². The number of hydrogen-bond donors (Lipinski definition) is 1. The molecule has 1 unspecified atom stereocenters. The lowest BCUT2D eigenvalue weighted by molar-refractivity contribution is -0.137. The number of ether oxygens (including phenoxy) is 1. The van der Waals surface area contributed by atoms with Crippen LogP contribution >= 0.6 is 11.8 Å². The lowest BCUT2D eigenvalue weighted by Gasteiger charge is -2.40. The molecule has 2 aliphatic rings. The van der Waals surface area contributed by atoms with Crippen LogP contribution in [-0.4, -0.2) is 59.3 Å². The summed E-state index contributed by atoms with van der Waals surface area (Å²) in [6.07, 6.45) is 0. The van der Waals surface area contributed by atoms with Crippen LogP contribution in [0.3, 0.4) is 0 Å². The first-order valence-electron chi connectivity index (χ1n) is 4.43. The molecular weight excluding hydrogens is 190 g/mol. The van der Waals surface area contributed by atoms with E-state index in [9.17, 15) is 4.79 Å². The molecule has 2 saturated heterocycles. The van der Waals surface area contributed by atoms with Crippen LogP contribution in [0.5, 0.6) is 0 Å². The fourth-order valence-corrected chi connectivity index (χ4v) is 2.65. The first-order valence-corrected chi connectivity index (χ1v) is 5.48. The number of hydrogen-bond acceptors (Lipinski definition) is 4. The van der Waals surface area contributed by atoms with E-state index in [-0.39, 0.29) is 5.25 Å². The van der Waals surface area contributed by atoms with Crippen molar-refractivity contribution >= 4 is 17.7 Å². The van der Waals surface area contributed by atoms with Crippen molar-refractivity contribution in [2.24, 2.45) is 0 Å². The first kappa shape index (κ1) is 9.30. The monoisotopic (exact) mass is 203 g/mol. The van der Waals surface area contributed by atoms with Gasteiger partial charge in [-0.3, -0.25) is 9.69 Å². The molecule has 5 heteroatoms. The van der Waals surface area contributed by atoms with Gasteiger partial charge in [-0.1, -0.05) is 0 Å². The summed E-state index contributed by atoms with van der Waals surface area (Å²) in [5.41, 5.74) is 0. The number of nitrogens with zero attached hydrogens (tertiary/aromatic N) is 1. The summed E-state index contributed by atoms with van der Waals surface area (Å²) in [6, 6.07) is 0.475. The van der Waals surface area contributed by atoms with E-state index in [1.54, 1.807) is 11.8 Å². The highest BCUT2D eigenvalue weighted by Crippen LogP contribution is 2.22. The Morgan fingerprint density at radius 3 is 2.85 bits per heavy atom. The average Bonchev–Trinajstić information content (AvgIpc) is 2.01. The zero-order valence-corrected chi connectivity index (χ0v) is 8.13. The lowest BCUT2D eigenvalue weighted by Crippen LogP contribution is -2.54. The van der Waals surface area contributed by atoms with Crippen LogP contribution in [0.1, 0.15) is 0 Å². The lowest BCUT2D eigenvalue weighted by atomic mass is 10.2. The molecular formula is C8H13NO3S. The molecule has 0 aromatic heterocycles. The smallest absolute Gasteiger partial charge is 0.317 e. The van der Waals surface area contributed by atoms with Gasteiger partial charge in [0.1, 0.15) is 5.25 Å². The number of carbonyl (C=O) groups is 1. The average molecular weight is 203 g/mol. The quantitative estimate of drug-likeness (QED) is 0.678. The van der Waals surface area contributed by atoms with Gasteiger partial charge in [0.25, 0.3) is 0 Å². The number of rotatable bonds is 2. The summed E-state index contributed by atoms with van der Waals surface area (Å²) in [7, 11) is 0. The van der Waals surface area contributed by atoms with E-state index in [0.29, 0.717) is 12.6 Å². The molecule has 0 aromatic carbocycles. The number of carboxylic acid groups (broad SMARTS) is 1. The van der Waals surface area contributed by atoms with Crippen molar-refractivity contribution in [1.82, 2.24) is 4.90 Å². The molecule has 2 fully saturated rings. The van der Waals surface area contributed by atoms with Gasteiger partial charge < -0.3 is 9.84 Å². The van der Waals surface area contributed by atoms with E-state index in [4.69, 9.17) is 9.84 Å². The molecule has 0 saturated carbocycles. The summed E-state index contributed by atoms with van der Waals surface area (Å²) in [6.45, 7) is 3.23. The molecule has 0 amide bonds. The molecule has 0 spiro atoms. The third-order valence-corrected chi connectivity index (χ3v) is 3.68. The van der Waals surface area contributed by atoms with Crippen LogP contribution in [0.4, 0.5) is 0 Å². The summed E-state index contributed by atoms with van der Waals surface area (Å²) in [5.74, 6) is 0.239. The van der Waals surface area contributed by atoms with Crippen LogP contribution in [0.15, 0.2) is 0 Å². The normalized spacial score (nSPS) is 31.2. The topological polar surface area (TPSA) is 49.8 Å². The minimum Gasteiger partial charge on any atom is -0.480 e. The maximum Gasteiger partial charge on any atom is 0.317 e. The van der Waals surface area contributed by atoms with Crippen molar-refractivity contribution in [1.29, 1.82) is 0 Å². The molecule has 1 atom stereocenters. The number of thioether (sulfide) groups is 1. The van der Waals surface area contributed by atoms with Crippen molar-refractivity contribution in [2.75, 3.05) is 32.1 Å². The van der Waals surface area contributed by atoms with Gasteiger partial charge in [0.05, 0.1) is 19.3 Å². The van der Waals surface area contributed by atoms with Crippen LogP contribution < -0.4 is 0 Å². The third kappa shape index (κ3) is 1.98. The largest absolute Gasteiger partial charge is 0.480 e. The number of aliphatic carboxylic acids is 1. The van der Waals surface area contributed by atoms with Crippen molar-refractivity contribution in [2.45, 2.75) is 11.3 Å². The Kier molecular flexibility index (Phi) is 2.76. The Morgan fingerprint density at radius 2 is 2.31 bits per heavy atom. The maximum absolute atomic E-state index is 10.8. The molecule has 1 N–H and O–H groups in total. The standard InChI is InChI=1S/C8H13NO3S/c10-8(11)7-3-9(1-2-13-7)6-4-12-5-6/h6-7H,1-5H2,(H,10,11). The molecule has 2 aliphatic heterocycles. The highest BCUT2D eigenvalue weighted by molar-refractivity contribution is 8.00. The minimum absolute atomic E-state index is 0.241. The molecule has 2 rings (SSSR count). The molecule has 4 nitrogen and oxygen atoms in total. The van der Waals surface area contributed by atoms with Crippen LogP contribution in [0, 0.1) is 0 Å². The Morgan fingerprint density at radius 1 is 1.54 bits per heavy atom. The Hall–Kier alpha value is -0.260. The zero-order valence-electron chi connectivity index (χ0n) is 7.31. The third-order valence-electron chi connectivity index (χ3n) is 2.51. The van der Waals surface area contributed by atoms with Gasteiger partial charge in [-0.15, -0.1) is 11.8 Å².